The molecular formula is C10H23NO3. The van der Waals surface area contributed by atoms with Crippen LogP contribution in [0.25, 0.3) is 0 Å². The third-order valence-corrected chi connectivity index (χ3v) is 1.77. The molecule has 0 aromatic heterocycles. The average molecular weight is 205 g/mol. The minimum atomic E-state index is 0.105. The van der Waals surface area contributed by atoms with Crippen molar-refractivity contribution in [2.75, 3.05) is 39.6 Å². The van der Waals surface area contributed by atoms with Crippen molar-refractivity contribution in [2.45, 2.75) is 26.3 Å². The van der Waals surface area contributed by atoms with Gasteiger partial charge in [0.2, 0.25) is 0 Å². The fourth-order valence-corrected chi connectivity index (χ4v) is 1.04. The Morgan fingerprint density at radius 2 is 2.07 bits per heavy atom. The highest BCUT2D eigenvalue weighted by Gasteiger charge is 1.99. The van der Waals surface area contributed by atoms with E-state index in [4.69, 9.17) is 14.6 Å². The van der Waals surface area contributed by atoms with Gasteiger partial charge in [0, 0.05) is 19.3 Å². The highest BCUT2D eigenvalue weighted by molar-refractivity contribution is 4.58. The molecule has 0 fully saturated rings. The summed E-state index contributed by atoms with van der Waals surface area (Å²) >= 11 is 0. The van der Waals surface area contributed by atoms with E-state index in [9.17, 15) is 0 Å². The van der Waals surface area contributed by atoms with Crippen molar-refractivity contribution in [3.63, 3.8) is 0 Å². The molecule has 1 atom stereocenters. The highest BCUT2D eigenvalue weighted by Crippen LogP contribution is 1.86. The second kappa shape index (κ2) is 10.9. The van der Waals surface area contributed by atoms with Crippen LogP contribution in [0.3, 0.4) is 0 Å². The van der Waals surface area contributed by atoms with Gasteiger partial charge in [-0.15, -0.1) is 0 Å². The summed E-state index contributed by atoms with van der Waals surface area (Å²) in [4.78, 5) is 0. The first-order valence-electron chi connectivity index (χ1n) is 5.31. The van der Waals surface area contributed by atoms with Crippen molar-refractivity contribution in [1.82, 2.24) is 5.32 Å². The molecular weight excluding hydrogens is 182 g/mol. The maximum atomic E-state index is 8.45. The molecule has 2 N–H and O–H groups in total. The van der Waals surface area contributed by atoms with Crippen molar-refractivity contribution in [2.24, 2.45) is 0 Å². The number of rotatable bonds is 10. The monoisotopic (exact) mass is 205 g/mol. The van der Waals surface area contributed by atoms with E-state index in [0.717, 1.165) is 26.2 Å². The Hall–Kier alpha value is -0.160. The summed E-state index contributed by atoms with van der Waals surface area (Å²) in [5, 5.41) is 11.8. The minimum Gasteiger partial charge on any atom is -0.394 e. The van der Waals surface area contributed by atoms with Gasteiger partial charge in [-0.05, 0) is 26.8 Å². The van der Waals surface area contributed by atoms with Gasteiger partial charge in [-0.2, -0.15) is 0 Å². The molecule has 1 unspecified atom stereocenters. The second-order valence-corrected chi connectivity index (χ2v) is 3.20. The van der Waals surface area contributed by atoms with Gasteiger partial charge in [0.05, 0.1) is 19.8 Å². The molecule has 0 bridgehead atoms. The van der Waals surface area contributed by atoms with E-state index in [0.29, 0.717) is 19.3 Å². The van der Waals surface area contributed by atoms with Gasteiger partial charge in [-0.25, -0.2) is 0 Å². The van der Waals surface area contributed by atoms with Crippen molar-refractivity contribution < 1.29 is 14.6 Å². The van der Waals surface area contributed by atoms with Crippen molar-refractivity contribution in [3.05, 3.63) is 0 Å². The summed E-state index contributed by atoms with van der Waals surface area (Å²) in [6.45, 7) is 7.80. The Balaban J connectivity index is 3.02. The van der Waals surface area contributed by atoms with Crippen LogP contribution < -0.4 is 5.32 Å². The average Bonchev–Trinajstić information content (AvgIpc) is 2.20. The number of aliphatic hydroxyl groups is 1. The molecule has 0 amide bonds. The number of nitrogens with one attached hydrogen (secondary N) is 1. The van der Waals surface area contributed by atoms with Gasteiger partial charge >= 0.3 is 0 Å². The topological polar surface area (TPSA) is 50.7 Å². The lowest BCUT2D eigenvalue weighted by Crippen LogP contribution is -2.31. The van der Waals surface area contributed by atoms with Crippen LogP contribution in [0.5, 0.6) is 0 Å². The van der Waals surface area contributed by atoms with Crippen LogP contribution in [0.2, 0.25) is 0 Å². The molecule has 14 heavy (non-hydrogen) atoms. The van der Waals surface area contributed by atoms with Gasteiger partial charge in [0.25, 0.3) is 0 Å². The molecule has 0 aliphatic carbocycles. The third-order valence-electron chi connectivity index (χ3n) is 1.77. The molecule has 4 nitrogen and oxygen atoms in total. The van der Waals surface area contributed by atoms with Gasteiger partial charge in [0.15, 0.2) is 0 Å². The molecule has 0 aromatic rings. The summed E-state index contributed by atoms with van der Waals surface area (Å²) in [7, 11) is 0. The molecule has 0 heterocycles. The van der Waals surface area contributed by atoms with Crippen LogP contribution in [-0.4, -0.2) is 50.7 Å². The van der Waals surface area contributed by atoms with Gasteiger partial charge in [-0.1, -0.05) is 0 Å². The van der Waals surface area contributed by atoms with E-state index in [-0.39, 0.29) is 6.61 Å². The van der Waals surface area contributed by atoms with Crippen molar-refractivity contribution >= 4 is 0 Å². The SMILES string of the molecule is CCOCC(C)NCCCOCCO. The van der Waals surface area contributed by atoms with Crippen LogP contribution in [0.4, 0.5) is 0 Å². The van der Waals surface area contributed by atoms with Crippen LogP contribution in [0.1, 0.15) is 20.3 Å². The van der Waals surface area contributed by atoms with E-state index < -0.39 is 0 Å². The number of hydrogen-bond acceptors (Lipinski definition) is 4. The fraction of sp³-hybridized carbons (Fsp3) is 1.00. The molecule has 0 saturated carbocycles. The molecule has 0 radical (unpaired) electrons. The van der Waals surface area contributed by atoms with Crippen LogP contribution in [0, 0.1) is 0 Å². The Kier molecular flexibility index (Phi) is 10.8. The summed E-state index contributed by atoms with van der Waals surface area (Å²) in [6.07, 6.45) is 0.969. The normalized spacial score (nSPS) is 13.1. The molecule has 0 aliphatic rings. The first kappa shape index (κ1) is 13.8. The third kappa shape index (κ3) is 9.92. The first-order chi connectivity index (χ1) is 6.81. The maximum Gasteiger partial charge on any atom is 0.0697 e. The first-order valence-corrected chi connectivity index (χ1v) is 5.31. The zero-order valence-corrected chi connectivity index (χ0v) is 9.29. The van der Waals surface area contributed by atoms with Gasteiger partial charge < -0.3 is 19.9 Å². The van der Waals surface area contributed by atoms with Crippen LogP contribution >= 0.6 is 0 Å². The fourth-order valence-electron chi connectivity index (χ4n) is 1.04. The zero-order chi connectivity index (χ0) is 10.6. The molecule has 86 valence electrons. The summed E-state index contributed by atoms with van der Waals surface area (Å²) < 4.78 is 10.4. The quantitative estimate of drug-likeness (QED) is 0.507. The lowest BCUT2D eigenvalue weighted by molar-refractivity contribution is 0.0886. The summed E-state index contributed by atoms with van der Waals surface area (Å²) in [6, 6.07) is 0.396. The Bertz CT molecular complexity index is 112. The van der Waals surface area contributed by atoms with Gasteiger partial charge in [0.1, 0.15) is 0 Å². The lowest BCUT2D eigenvalue weighted by Gasteiger charge is -2.13. The number of aliphatic hydroxyl groups excluding tert-OH is 1. The Morgan fingerprint density at radius 3 is 2.71 bits per heavy atom. The number of ether oxygens (including phenoxy) is 2. The van der Waals surface area contributed by atoms with E-state index >= 15 is 0 Å². The van der Waals surface area contributed by atoms with Crippen molar-refractivity contribution in [1.29, 1.82) is 0 Å². The largest absolute Gasteiger partial charge is 0.394 e. The van der Waals surface area contributed by atoms with E-state index in [2.05, 4.69) is 12.2 Å². The Labute approximate surface area is 86.6 Å². The van der Waals surface area contributed by atoms with E-state index in [1.54, 1.807) is 0 Å². The van der Waals surface area contributed by atoms with Crippen LogP contribution in [-0.2, 0) is 9.47 Å². The smallest absolute Gasteiger partial charge is 0.0697 e. The lowest BCUT2D eigenvalue weighted by atomic mass is 10.3. The van der Waals surface area contributed by atoms with Gasteiger partial charge in [-0.3, -0.25) is 0 Å². The summed E-state index contributed by atoms with van der Waals surface area (Å²) in [5.41, 5.74) is 0. The molecule has 0 spiro atoms. The van der Waals surface area contributed by atoms with E-state index in [1.807, 2.05) is 6.92 Å². The standard InChI is InChI=1S/C10H23NO3/c1-3-13-9-10(2)11-5-4-7-14-8-6-12/h10-12H,3-9H2,1-2H3. The number of hydrogen-bond donors (Lipinski definition) is 2. The Morgan fingerprint density at radius 1 is 1.29 bits per heavy atom. The second-order valence-electron chi connectivity index (χ2n) is 3.20. The molecule has 0 aromatic carbocycles. The predicted molar refractivity (Wildman–Crippen MR) is 56.5 cm³/mol. The zero-order valence-electron chi connectivity index (χ0n) is 9.29. The molecule has 4 heteroatoms. The molecule has 0 aliphatic heterocycles. The van der Waals surface area contributed by atoms with E-state index in [1.165, 1.54) is 0 Å². The highest BCUT2D eigenvalue weighted by atomic mass is 16.5. The molecule has 0 saturated heterocycles. The van der Waals surface area contributed by atoms with Crippen LogP contribution in [0.15, 0.2) is 0 Å². The minimum absolute atomic E-state index is 0.105. The van der Waals surface area contributed by atoms with Crippen molar-refractivity contribution in [3.8, 4) is 0 Å². The molecule has 0 rings (SSSR count). The summed E-state index contributed by atoms with van der Waals surface area (Å²) in [5.74, 6) is 0. The maximum absolute atomic E-state index is 8.45. The predicted octanol–water partition coefficient (Wildman–Crippen LogP) is 0.400.